The molecule has 0 bridgehead atoms. The van der Waals surface area contributed by atoms with Crippen LogP contribution in [0, 0.1) is 0 Å². The van der Waals surface area contributed by atoms with Gasteiger partial charge < -0.3 is 9.26 Å². The molecule has 0 aliphatic carbocycles. The van der Waals surface area contributed by atoms with Crippen LogP contribution < -0.4 is 4.74 Å². The van der Waals surface area contributed by atoms with Crippen molar-refractivity contribution in [3.05, 3.63) is 29.8 Å². The van der Waals surface area contributed by atoms with Crippen molar-refractivity contribution in [3.63, 3.8) is 0 Å². The van der Waals surface area contributed by atoms with Crippen LogP contribution in [0.2, 0.25) is 0 Å². The molecule has 3 nitrogen and oxygen atoms in total. The standard InChI is InChI=1S/C18H29O3P/c1-2-3-4-5-6-7-8-9-12-16-13-10-11-14-17(16)21-18(19)15-20-22/h10-11,13-14H,2-9,12,15,22H2,1H3. The maximum Gasteiger partial charge on any atom is 0.337 e. The number of carbonyl (C=O) groups is 1. The summed E-state index contributed by atoms with van der Waals surface area (Å²) < 4.78 is 10.0. The predicted molar refractivity (Wildman–Crippen MR) is 94.1 cm³/mol. The second-order valence-electron chi connectivity index (χ2n) is 5.62. The van der Waals surface area contributed by atoms with E-state index in [1.165, 1.54) is 44.9 Å². The fraction of sp³-hybridized carbons (Fsp3) is 0.611. The van der Waals surface area contributed by atoms with Crippen molar-refractivity contribution >= 4 is 15.4 Å². The predicted octanol–water partition coefficient (Wildman–Crippen LogP) is 5.08. The van der Waals surface area contributed by atoms with Crippen molar-refractivity contribution in [1.82, 2.24) is 0 Å². The van der Waals surface area contributed by atoms with E-state index in [0.29, 0.717) is 5.75 Å². The van der Waals surface area contributed by atoms with Crippen LogP contribution in [0.5, 0.6) is 5.75 Å². The van der Waals surface area contributed by atoms with E-state index in [0.717, 1.165) is 18.4 Å². The smallest absolute Gasteiger partial charge is 0.337 e. The Morgan fingerprint density at radius 3 is 2.32 bits per heavy atom. The highest BCUT2D eigenvalue weighted by atomic mass is 31.0. The van der Waals surface area contributed by atoms with Crippen LogP contribution in [0.3, 0.4) is 0 Å². The molecule has 0 radical (unpaired) electrons. The number of hydrogen-bond acceptors (Lipinski definition) is 3. The van der Waals surface area contributed by atoms with E-state index < -0.39 is 0 Å². The second-order valence-corrected chi connectivity index (χ2v) is 5.95. The molecule has 0 saturated heterocycles. The van der Waals surface area contributed by atoms with Crippen LogP contribution in [-0.2, 0) is 15.7 Å². The highest BCUT2D eigenvalue weighted by Gasteiger charge is 2.08. The van der Waals surface area contributed by atoms with Gasteiger partial charge in [0, 0.05) is 9.47 Å². The van der Waals surface area contributed by atoms with E-state index in [4.69, 9.17) is 9.26 Å². The van der Waals surface area contributed by atoms with Crippen LogP contribution in [0.25, 0.3) is 0 Å². The highest BCUT2D eigenvalue weighted by molar-refractivity contribution is 7.09. The van der Waals surface area contributed by atoms with Gasteiger partial charge in [0.2, 0.25) is 0 Å². The molecule has 4 heteroatoms. The molecule has 22 heavy (non-hydrogen) atoms. The molecule has 1 unspecified atom stereocenters. The van der Waals surface area contributed by atoms with Gasteiger partial charge in [-0.1, -0.05) is 70.1 Å². The summed E-state index contributed by atoms with van der Waals surface area (Å²) >= 11 is 0. The minimum absolute atomic E-state index is 0.0449. The molecule has 0 aliphatic heterocycles. The van der Waals surface area contributed by atoms with Gasteiger partial charge in [-0.05, 0) is 24.5 Å². The monoisotopic (exact) mass is 324 g/mol. The van der Waals surface area contributed by atoms with Gasteiger partial charge in [-0.25, -0.2) is 4.79 Å². The van der Waals surface area contributed by atoms with Crippen molar-refractivity contribution in [2.24, 2.45) is 0 Å². The van der Waals surface area contributed by atoms with Crippen molar-refractivity contribution in [2.75, 3.05) is 6.61 Å². The molecule has 0 spiro atoms. The molecule has 0 aromatic heterocycles. The fourth-order valence-electron chi connectivity index (χ4n) is 2.48. The molecule has 0 saturated carbocycles. The van der Waals surface area contributed by atoms with Crippen molar-refractivity contribution < 1.29 is 14.1 Å². The third-order valence-corrected chi connectivity index (χ3v) is 3.86. The number of para-hydroxylation sites is 1. The van der Waals surface area contributed by atoms with Crippen LogP contribution >= 0.6 is 9.47 Å². The molecule has 0 N–H and O–H groups in total. The van der Waals surface area contributed by atoms with Gasteiger partial charge in [0.1, 0.15) is 12.4 Å². The zero-order valence-corrected chi connectivity index (χ0v) is 14.8. The minimum atomic E-state index is -0.363. The van der Waals surface area contributed by atoms with Crippen molar-refractivity contribution in [3.8, 4) is 5.75 Å². The van der Waals surface area contributed by atoms with Crippen LogP contribution in [0.15, 0.2) is 24.3 Å². The van der Waals surface area contributed by atoms with Gasteiger partial charge in [-0.15, -0.1) is 0 Å². The lowest BCUT2D eigenvalue weighted by Gasteiger charge is -2.09. The van der Waals surface area contributed by atoms with Gasteiger partial charge in [-0.3, -0.25) is 0 Å². The summed E-state index contributed by atoms with van der Waals surface area (Å²) in [7, 11) is 2.06. The largest absolute Gasteiger partial charge is 0.425 e. The van der Waals surface area contributed by atoms with Crippen molar-refractivity contribution in [1.29, 1.82) is 0 Å². The number of ether oxygens (including phenoxy) is 1. The Morgan fingerprint density at radius 2 is 1.64 bits per heavy atom. The quantitative estimate of drug-likeness (QED) is 0.233. The number of esters is 1. The topological polar surface area (TPSA) is 35.5 Å². The van der Waals surface area contributed by atoms with E-state index in [9.17, 15) is 4.79 Å². The zero-order chi connectivity index (χ0) is 16.0. The Hall–Kier alpha value is -0.920. The molecule has 1 atom stereocenters. The first-order valence-corrected chi connectivity index (χ1v) is 8.85. The van der Waals surface area contributed by atoms with Gasteiger partial charge >= 0.3 is 5.97 Å². The summed E-state index contributed by atoms with van der Waals surface area (Å²) in [5.41, 5.74) is 1.10. The third-order valence-electron chi connectivity index (χ3n) is 3.70. The molecular weight excluding hydrogens is 295 g/mol. The van der Waals surface area contributed by atoms with E-state index in [-0.39, 0.29) is 12.6 Å². The number of benzene rings is 1. The lowest BCUT2D eigenvalue weighted by atomic mass is 10.0. The average molecular weight is 324 g/mol. The summed E-state index contributed by atoms with van der Waals surface area (Å²) in [6, 6.07) is 7.76. The van der Waals surface area contributed by atoms with Crippen LogP contribution in [-0.4, -0.2) is 12.6 Å². The van der Waals surface area contributed by atoms with Crippen molar-refractivity contribution in [2.45, 2.75) is 64.7 Å². The number of aryl methyl sites for hydroxylation is 1. The highest BCUT2D eigenvalue weighted by Crippen LogP contribution is 2.21. The molecule has 0 amide bonds. The molecular formula is C18H29O3P. The summed E-state index contributed by atoms with van der Waals surface area (Å²) in [6.45, 7) is 2.20. The zero-order valence-electron chi connectivity index (χ0n) is 13.7. The molecule has 124 valence electrons. The number of rotatable bonds is 12. The van der Waals surface area contributed by atoms with Gasteiger partial charge in [0.25, 0.3) is 0 Å². The molecule has 0 heterocycles. The second kappa shape index (κ2) is 12.6. The Morgan fingerprint density at radius 1 is 1.00 bits per heavy atom. The third kappa shape index (κ3) is 8.51. The Bertz CT molecular complexity index is 421. The van der Waals surface area contributed by atoms with E-state index in [1.54, 1.807) is 0 Å². The number of carbonyl (C=O) groups excluding carboxylic acids is 1. The van der Waals surface area contributed by atoms with Gasteiger partial charge in [-0.2, -0.15) is 0 Å². The first kappa shape index (κ1) is 19.1. The lowest BCUT2D eigenvalue weighted by molar-refractivity contribution is -0.136. The maximum atomic E-state index is 11.5. The van der Waals surface area contributed by atoms with Crippen LogP contribution in [0.4, 0.5) is 0 Å². The Labute approximate surface area is 137 Å². The van der Waals surface area contributed by atoms with E-state index in [2.05, 4.69) is 16.4 Å². The SMILES string of the molecule is CCCCCCCCCCc1ccccc1OC(=O)COP. The maximum absolute atomic E-state index is 11.5. The normalized spacial score (nSPS) is 10.6. The minimum Gasteiger partial charge on any atom is -0.425 e. The van der Waals surface area contributed by atoms with Gasteiger partial charge in [0.15, 0.2) is 0 Å². The lowest BCUT2D eigenvalue weighted by Crippen LogP contribution is -2.13. The molecule has 0 fully saturated rings. The van der Waals surface area contributed by atoms with Gasteiger partial charge in [0.05, 0.1) is 0 Å². The summed E-state index contributed by atoms with van der Waals surface area (Å²) in [5, 5.41) is 0. The summed E-state index contributed by atoms with van der Waals surface area (Å²) in [6.07, 6.45) is 11.4. The summed E-state index contributed by atoms with van der Waals surface area (Å²) in [5.74, 6) is 0.302. The molecule has 1 aromatic rings. The molecule has 1 aromatic carbocycles. The van der Waals surface area contributed by atoms with E-state index >= 15 is 0 Å². The summed E-state index contributed by atoms with van der Waals surface area (Å²) in [4.78, 5) is 11.5. The number of unbranched alkanes of at least 4 members (excludes halogenated alkanes) is 7. The molecule has 0 aliphatic rings. The van der Waals surface area contributed by atoms with Crippen LogP contribution in [0.1, 0.15) is 63.9 Å². The molecule has 1 rings (SSSR count). The van der Waals surface area contributed by atoms with E-state index in [1.807, 2.05) is 24.3 Å². The Balaban J connectivity index is 2.26. The fourth-order valence-corrected chi connectivity index (χ4v) is 2.62. The average Bonchev–Trinajstić information content (AvgIpc) is 2.51. The Kier molecular flexibility index (Phi) is 11.0. The first-order valence-electron chi connectivity index (χ1n) is 8.38. The first-order chi connectivity index (χ1) is 10.8. The number of hydrogen-bond donors (Lipinski definition) is 0.